The van der Waals surface area contributed by atoms with Crippen LogP contribution in [0.25, 0.3) is 6.08 Å². The van der Waals surface area contributed by atoms with Gasteiger partial charge in [0, 0.05) is 17.5 Å². The summed E-state index contributed by atoms with van der Waals surface area (Å²) in [5.74, 6) is 3.14. The van der Waals surface area contributed by atoms with Crippen LogP contribution in [0.15, 0.2) is 72.5 Å². The Morgan fingerprint density at radius 1 is 0.868 bits per heavy atom. The number of ether oxygens (including phenoxy) is 2. The van der Waals surface area contributed by atoms with Gasteiger partial charge in [0.2, 0.25) is 0 Å². The molecule has 38 heavy (non-hydrogen) atoms. The van der Waals surface area contributed by atoms with Gasteiger partial charge in [-0.25, -0.2) is 0 Å². The van der Waals surface area contributed by atoms with Crippen LogP contribution in [0.4, 0.5) is 0 Å². The van der Waals surface area contributed by atoms with Crippen molar-refractivity contribution in [3.05, 3.63) is 100 Å². The van der Waals surface area contributed by atoms with Crippen molar-refractivity contribution in [1.82, 2.24) is 0 Å². The molecular formula is C35H42O3. The average Bonchev–Trinajstić information content (AvgIpc) is 2.91. The third kappa shape index (κ3) is 6.56. The van der Waals surface area contributed by atoms with E-state index in [1.54, 1.807) is 0 Å². The Hall–Kier alpha value is -3.33. The molecule has 3 nitrogen and oxygen atoms in total. The Labute approximate surface area is 228 Å². The maximum Gasteiger partial charge on any atom is 0.193 e. The maximum atomic E-state index is 13.1. The van der Waals surface area contributed by atoms with Crippen LogP contribution in [0, 0.1) is 5.92 Å². The number of benzene rings is 3. The molecule has 0 saturated carbocycles. The lowest BCUT2D eigenvalue weighted by Crippen LogP contribution is -2.22. The smallest absolute Gasteiger partial charge is 0.193 e. The van der Waals surface area contributed by atoms with Crippen LogP contribution in [-0.2, 0) is 11.8 Å². The first-order valence-corrected chi connectivity index (χ1v) is 14.1. The monoisotopic (exact) mass is 510 g/mol. The summed E-state index contributed by atoms with van der Waals surface area (Å²) in [4.78, 5) is 13.1. The number of hydrogen-bond donors (Lipinski definition) is 0. The van der Waals surface area contributed by atoms with Crippen molar-refractivity contribution < 1.29 is 14.3 Å². The number of carbonyl (C=O) groups is 1. The first-order valence-electron chi connectivity index (χ1n) is 14.1. The molecule has 0 aromatic heterocycles. The van der Waals surface area contributed by atoms with Gasteiger partial charge in [0.05, 0.1) is 0 Å². The van der Waals surface area contributed by atoms with Crippen molar-refractivity contribution in [2.45, 2.75) is 85.2 Å². The lowest BCUT2D eigenvalue weighted by Gasteiger charge is -2.24. The molecule has 0 heterocycles. The van der Waals surface area contributed by atoms with Gasteiger partial charge in [-0.3, -0.25) is 4.79 Å². The summed E-state index contributed by atoms with van der Waals surface area (Å²) >= 11 is 0. The molecule has 0 spiro atoms. The molecule has 0 radical (unpaired) electrons. The fourth-order valence-corrected chi connectivity index (χ4v) is 5.30. The molecule has 0 fully saturated rings. The Bertz CT molecular complexity index is 1260. The fourth-order valence-electron chi connectivity index (χ4n) is 5.30. The van der Waals surface area contributed by atoms with E-state index in [0.29, 0.717) is 17.0 Å². The molecule has 1 atom stereocenters. The highest BCUT2D eigenvalue weighted by atomic mass is 16.5. The first kappa shape index (κ1) is 27.7. The lowest BCUT2D eigenvalue weighted by molar-refractivity contribution is 0.103. The van der Waals surface area contributed by atoms with Gasteiger partial charge in [-0.2, -0.15) is 0 Å². The third-order valence-corrected chi connectivity index (χ3v) is 7.67. The van der Waals surface area contributed by atoms with E-state index in [-0.39, 0.29) is 17.3 Å². The van der Waals surface area contributed by atoms with Gasteiger partial charge in [0.25, 0.3) is 0 Å². The highest BCUT2D eigenvalue weighted by molar-refractivity contribution is 6.09. The minimum atomic E-state index is 0.0306. The molecular weight excluding hydrogens is 468 g/mol. The second-order valence-electron chi connectivity index (χ2n) is 11.4. The fraction of sp³-hybridized carbons (Fsp3) is 0.400. The molecule has 0 bridgehead atoms. The first-order chi connectivity index (χ1) is 18.2. The zero-order valence-electron chi connectivity index (χ0n) is 23.8. The number of hydrogen-bond acceptors (Lipinski definition) is 3. The Morgan fingerprint density at radius 3 is 2.11 bits per heavy atom. The molecule has 3 aromatic rings. The third-order valence-electron chi connectivity index (χ3n) is 7.67. The van der Waals surface area contributed by atoms with Crippen LogP contribution in [0.3, 0.4) is 0 Å². The lowest BCUT2D eigenvalue weighted by atomic mass is 9.80. The van der Waals surface area contributed by atoms with Gasteiger partial charge in [-0.05, 0) is 89.8 Å². The van der Waals surface area contributed by atoms with Crippen molar-refractivity contribution in [3.63, 3.8) is 0 Å². The SMILES string of the molecule is CCCC(C)(C)c1ccc(C(=O)c2ccc(OC3=Cc4ccc(OC(CC)C(C)C)cc4CC3)cc2)cc1. The summed E-state index contributed by atoms with van der Waals surface area (Å²) in [6.45, 7) is 13.3. The van der Waals surface area contributed by atoms with Crippen LogP contribution in [0.2, 0.25) is 0 Å². The molecule has 3 heteroatoms. The Kier molecular flexibility index (Phi) is 8.76. The van der Waals surface area contributed by atoms with Crippen molar-refractivity contribution >= 4 is 11.9 Å². The molecule has 0 aliphatic heterocycles. The molecule has 0 N–H and O–H groups in total. The number of fused-ring (bicyclic) bond motifs is 1. The summed E-state index contributed by atoms with van der Waals surface area (Å²) in [6.07, 6.45) is 7.36. The highest BCUT2D eigenvalue weighted by Gasteiger charge is 2.20. The zero-order chi connectivity index (χ0) is 27.3. The van der Waals surface area contributed by atoms with Crippen molar-refractivity contribution in [2.75, 3.05) is 0 Å². The van der Waals surface area contributed by atoms with E-state index >= 15 is 0 Å². The molecule has 200 valence electrons. The quantitative estimate of drug-likeness (QED) is 0.241. The van der Waals surface area contributed by atoms with Gasteiger partial charge in [-0.15, -0.1) is 0 Å². The number of ketones is 1. The second-order valence-corrected chi connectivity index (χ2v) is 11.4. The Morgan fingerprint density at radius 2 is 1.50 bits per heavy atom. The summed E-state index contributed by atoms with van der Waals surface area (Å²) in [7, 11) is 0. The van der Waals surface area contributed by atoms with Gasteiger partial charge < -0.3 is 9.47 Å². The van der Waals surface area contributed by atoms with Crippen LogP contribution in [0.5, 0.6) is 11.5 Å². The Balaban J connectivity index is 1.40. The molecule has 1 unspecified atom stereocenters. The summed E-state index contributed by atoms with van der Waals surface area (Å²) in [6, 6.07) is 21.9. The van der Waals surface area contributed by atoms with Crippen LogP contribution in [-0.4, -0.2) is 11.9 Å². The minimum Gasteiger partial charge on any atom is -0.490 e. The van der Waals surface area contributed by atoms with E-state index in [1.165, 1.54) is 16.7 Å². The zero-order valence-corrected chi connectivity index (χ0v) is 23.8. The van der Waals surface area contributed by atoms with E-state index in [4.69, 9.17) is 9.47 Å². The van der Waals surface area contributed by atoms with Crippen molar-refractivity contribution in [1.29, 1.82) is 0 Å². The van der Waals surface area contributed by atoms with Crippen molar-refractivity contribution in [3.8, 4) is 11.5 Å². The van der Waals surface area contributed by atoms with E-state index < -0.39 is 0 Å². The van der Waals surface area contributed by atoms with Crippen LogP contribution < -0.4 is 9.47 Å². The minimum absolute atomic E-state index is 0.0306. The summed E-state index contributed by atoms with van der Waals surface area (Å²) in [5.41, 5.74) is 5.23. The van der Waals surface area contributed by atoms with E-state index in [9.17, 15) is 4.79 Å². The second kappa shape index (κ2) is 12.0. The van der Waals surface area contributed by atoms with Crippen LogP contribution in [0.1, 0.15) is 99.8 Å². The van der Waals surface area contributed by atoms with E-state index in [1.807, 2.05) is 36.4 Å². The highest BCUT2D eigenvalue weighted by Crippen LogP contribution is 2.31. The molecule has 4 rings (SSSR count). The summed E-state index contributed by atoms with van der Waals surface area (Å²) < 4.78 is 12.4. The molecule has 0 amide bonds. The van der Waals surface area contributed by atoms with Crippen LogP contribution >= 0.6 is 0 Å². The standard InChI is InChI=1S/C35H42O3/c1-7-21-35(5,6)29-15-9-25(10-16-29)34(36)26-11-17-30(18-12-26)37-31-19-13-28-23-32(20-14-27(28)22-31)38-33(8-2)24(3)4/h9-12,14-18,20,22-24,33H,7-8,13,19,21H2,1-6H3. The molecule has 1 aliphatic rings. The normalized spacial score (nSPS) is 14.0. The number of allylic oxidation sites excluding steroid dienone is 1. The number of carbonyl (C=O) groups excluding carboxylic acids is 1. The van der Waals surface area contributed by atoms with Gasteiger partial charge in [0.1, 0.15) is 23.4 Å². The predicted octanol–water partition coefficient (Wildman–Crippen LogP) is 9.17. The van der Waals surface area contributed by atoms with Gasteiger partial charge in [0.15, 0.2) is 5.78 Å². The molecule has 0 saturated heterocycles. The van der Waals surface area contributed by atoms with E-state index in [2.05, 4.69) is 78.0 Å². The van der Waals surface area contributed by atoms with Crippen molar-refractivity contribution in [2.24, 2.45) is 5.92 Å². The average molecular weight is 511 g/mol. The van der Waals surface area contributed by atoms with Gasteiger partial charge >= 0.3 is 0 Å². The summed E-state index contributed by atoms with van der Waals surface area (Å²) in [5, 5.41) is 0. The van der Waals surface area contributed by atoms with Gasteiger partial charge in [-0.1, -0.05) is 78.3 Å². The number of aryl methyl sites for hydroxylation is 1. The topological polar surface area (TPSA) is 35.5 Å². The largest absolute Gasteiger partial charge is 0.490 e. The number of rotatable bonds is 11. The van der Waals surface area contributed by atoms with E-state index in [0.717, 1.165) is 49.4 Å². The maximum absolute atomic E-state index is 13.1. The molecule has 1 aliphatic carbocycles. The molecule has 3 aromatic carbocycles. The predicted molar refractivity (Wildman–Crippen MR) is 157 cm³/mol.